The summed E-state index contributed by atoms with van der Waals surface area (Å²) in [6.45, 7) is 6.66. The molecule has 0 radical (unpaired) electrons. The first kappa shape index (κ1) is 32.9. The van der Waals surface area contributed by atoms with Gasteiger partial charge in [0.15, 0.2) is 4.80 Å². The molecule has 1 aliphatic heterocycles. The Hall–Kier alpha value is -4.05. The molecule has 1 atom stereocenters. The summed E-state index contributed by atoms with van der Waals surface area (Å²) in [6.07, 6.45) is 1.84. The maximum atomic E-state index is 14.3. The predicted molar refractivity (Wildman–Crippen MR) is 194 cm³/mol. The maximum Gasteiger partial charge on any atom is 0.338 e. The van der Waals surface area contributed by atoms with Gasteiger partial charge in [0.05, 0.1) is 37.4 Å². The molecule has 2 heterocycles. The summed E-state index contributed by atoms with van der Waals surface area (Å²) >= 11 is 8.61. The van der Waals surface area contributed by atoms with Gasteiger partial charge in [-0.05, 0) is 85.2 Å². The maximum absolute atomic E-state index is 14.3. The average molecular weight is 773 g/mol. The Morgan fingerprint density at radius 2 is 1.60 bits per heavy atom. The number of benzene rings is 4. The lowest BCUT2D eigenvalue weighted by atomic mass is 9.91. The quantitative estimate of drug-likeness (QED) is 0.142. The van der Waals surface area contributed by atoms with Crippen LogP contribution in [0.2, 0.25) is 0 Å². The van der Waals surface area contributed by atoms with Gasteiger partial charge in [-0.3, -0.25) is 9.36 Å². The number of aromatic nitrogens is 1. The van der Waals surface area contributed by atoms with E-state index in [4.69, 9.17) is 14.5 Å². The lowest BCUT2D eigenvalue weighted by molar-refractivity contribution is -0.138. The van der Waals surface area contributed by atoms with Gasteiger partial charge >= 0.3 is 5.97 Å². The number of nitrogens with zero attached hydrogens (tertiary/aromatic N) is 2. The highest BCUT2D eigenvalue weighted by atomic mass is 79.9. The normalized spacial score (nSPS) is 14.6. The monoisotopic (exact) mass is 770 g/mol. The molecule has 0 N–H and O–H groups in total. The van der Waals surface area contributed by atoms with Crippen molar-refractivity contribution in [2.75, 3.05) is 6.61 Å². The minimum absolute atomic E-state index is 0.197. The van der Waals surface area contributed by atoms with Crippen molar-refractivity contribution >= 4 is 60.9 Å². The van der Waals surface area contributed by atoms with E-state index in [0.29, 0.717) is 38.9 Å². The van der Waals surface area contributed by atoms with Crippen molar-refractivity contribution < 1.29 is 14.3 Å². The average Bonchev–Trinajstić information content (AvgIpc) is 3.38. The summed E-state index contributed by atoms with van der Waals surface area (Å²) in [4.78, 5) is 33.5. The number of thiazole rings is 1. The Kier molecular flexibility index (Phi) is 10.1. The third-order valence-electron chi connectivity index (χ3n) is 7.84. The molecule has 0 aliphatic carbocycles. The molecule has 0 fully saturated rings. The fourth-order valence-electron chi connectivity index (χ4n) is 5.50. The zero-order valence-electron chi connectivity index (χ0n) is 26.1. The van der Waals surface area contributed by atoms with Crippen molar-refractivity contribution in [1.29, 1.82) is 0 Å². The first-order valence-electron chi connectivity index (χ1n) is 15.3. The van der Waals surface area contributed by atoms with Crippen molar-refractivity contribution in [3.8, 4) is 5.75 Å². The number of carbonyl (C=O) groups is 1. The summed E-state index contributed by atoms with van der Waals surface area (Å²) in [5.41, 5.74) is 5.19. The molecule has 238 valence electrons. The molecular weight excluding hydrogens is 740 g/mol. The third-order valence-corrected chi connectivity index (χ3v) is 10.00. The van der Waals surface area contributed by atoms with Crippen LogP contribution in [0.1, 0.15) is 60.5 Å². The Labute approximate surface area is 294 Å². The zero-order chi connectivity index (χ0) is 33.1. The van der Waals surface area contributed by atoms with Crippen molar-refractivity contribution in [2.45, 2.75) is 39.3 Å². The molecular formula is C38H32Br2N2O4S. The van der Waals surface area contributed by atoms with E-state index in [0.717, 1.165) is 31.2 Å². The van der Waals surface area contributed by atoms with Crippen LogP contribution < -0.4 is 19.6 Å². The molecule has 0 bridgehead atoms. The molecule has 6 nitrogen and oxygen atoms in total. The summed E-state index contributed by atoms with van der Waals surface area (Å²) in [5.74, 6) is 0.505. The van der Waals surface area contributed by atoms with Crippen LogP contribution in [0.15, 0.2) is 121 Å². The SMILES string of the molecule is CCOC(=O)C1=C(c2ccccc2)N=c2s/c(=C\c3cc(Br)c(OCc4ccccc4)c(Br)c3)c(=O)n2[C@H]1c1ccc(C(C)C)cc1. The number of rotatable bonds is 9. The van der Waals surface area contributed by atoms with Crippen molar-refractivity contribution in [3.05, 3.63) is 159 Å². The summed E-state index contributed by atoms with van der Waals surface area (Å²) < 4.78 is 15.3. The predicted octanol–water partition coefficient (Wildman–Crippen LogP) is 8.16. The number of ether oxygens (including phenoxy) is 2. The second-order valence-electron chi connectivity index (χ2n) is 11.3. The smallest absolute Gasteiger partial charge is 0.338 e. The Bertz CT molecular complexity index is 2120. The Morgan fingerprint density at radius 1 is 0.957 bits per heavy atom. The molecule has 6 rings (SSSR count). The standard InChI is InChI=1S/C38H32Br2N2O4S/c1-4-45-37(44)32-33(27-13-9-6-10-14-27)41-38-42(34(32)28-17-15-26(16-18-28)23(2)3)36(43)31(47-38)21-25-19-29(39)35(30(40)20-25)46-22-24-11-7-5-8-12-24/h5-21,23,34H,4,22H2,1-3H3/b31-21-/t34-/m0/s1. The number of esters is 1. The van der Waals surface area contributed by atoms with Gasteiger partial charge in [0.25, 0.3) is 5.56 Å². The number of carbonyl (C=O) groups excluding carboxylic acids is 1. The van der Waals surface area contributed by atoms with Crippen LogP contribution >= 0.6 is 43.2 Å². The lowest BCUT2D eigenvalue weighted by Gasteiger charge is -2.26. The first-order chi connectivity index (χ1) is 22.7. The summed E-state index contributed by atoms with van der Waals surface area (Å²) in [6, 6.07) is 30.7. The highest BCUT2D eigenvalue weighted by molar-refractivity contribution is 9.11. The van der Waals surface area contributed by atoms with E-state index in [2.05, 4.69) is 57.8 Å². The van der Waals surface area contributed by atoms with Crippen LogP contribution in [0.4, 0.5) is 0 Å². The molecule has 47 heavy (non-hydrogen) atoms. The van der Waals surface area contributed by atoms with Crippen molar-refractivity contribution in [1.82, 2.24) is 4.57 Å². The van der Waals surface area contributed by atoms with E-state index in [-0.39, 0.29) is 12.2 Å². The second-order valence-corrected chi connectivity index (χ2v) is 14.1. The van der Waals surface area contributed by atoms with Crippen LogP contribution in [0.3, 0.4) is 0 Å². The van der Waals surface area contributed by atoms with Crippen LogP contribution in [0, 0.1) is 0 Å². The van der Waals surface area contributed by atoms with E-state index in [1.54, 1.807) is 11.5 Å². The van der Waals surface area contributed by atoms with Crippen molar-refractivity contribution in [2.24, 2.45) is 4.99 Å². The van der Waals surface area contributed by atoms with Gasteiger partial charge < -0.3 is 9.47 Å². The highest BCUT2D eigenvalue weighted by Crippen LogP contribution is 2.37. The molecule has 0 saturated heterocycles. The number of hydrogen-bond donors (Lipinski definition) is 0. The Balaban J connectivity index is 1.49. The number of fused-ring (bicyclic) bond motifs is 1. The first-order valence-corrected chi connectivity index (χ1v) is 17.7. The number of hydrogen-bond acceptors (Lipinski definition) is 6. The Morgan fingerprint density at radius 3 is 2.21 bits per heavy atom. The van der Waals surface area contributed by atoms with E-state index in [1.165, 1.54) is 16.9 Å². The van der Waals surface area contributed by atoms with Gasteiger partial charge in [-0.1, -0.05) is 110 Å². The molecule has 9 heteroatoms. The number of halogens is 2. The summed E-state index contributed by atoms with van der Waals surface area (Å²) in [5, 5.41) is 0. The molecule has 0 amide bonds. The van der Waals surface area contributed by atoms with E-state index >= 15 is 0 Å². The fourth-order valence-corrected chi connectivity index (χ4v) is 7.95. The van der Waals surface area contributed by atoms with Crippen molar-refractivity contribution in [3.63, 3.8) is 0 Å². The zero-order valence-corrected chi connectivity index (χ0v) is 30.1. The minimum Gasteiger partial charge on any atom is -0.487 e. The van der Waals surface area contributed by atoms with Crippen LogP contribution in [-0.4, -0.2) is 17.1 Å². The van der Waals surface area contributed by atoms with E-state index < -0.39 is 12.0 Å². The largest absolute Gasteiger partial charge is 0.487 e. The van der Waals surface area contributed by atoms with Gasteiger partial charge in [-0.2, -0.15) is 0 Å². The third kappa shape index (κ3) is 6.98. The molecule has 4 aromatic carbocycles. The fraction of sp³-hybridized carbons (Fsp3) is 0.184. The van der Waals surface area contributed by atoms with Crippen LogP contribution in [-0.2, 0) is 16.1 Å². The minimum atomic E-state index is -0.726. The molecule has 1 aromatic heterocycles. The topological polar surface area (TPSA) is 69.9 Å². The lowest BCUT2D eigenvalue weighted by Crippen LogP contribution is -2.40. The van der Waals surface area contributed by atoms with Gasteiger partial charge in [0.1, 0.15) is 12.4 Å². The van der Waals surface area contributed by atoms with Gasteiger partial charge in [0.2, 0.25) is 0 Å². The van der Waals surface area contributed by atoms with Gasteiger partial charge in [0, 0.05) is 5.56 Å². The molecule has 0 spiro atoms. The molecule has 0 saturated carbocycles. The molecule has 0 unspecified atom stereocenters. The van der Waals surface area contributed by atoms with Gasteiger partial charge in [-0.25, -0.2) is 9.79 Å². The molecule has 1 aliphatic rings. The van der Waals surface area contributed by atoms with E-state index in [1.807, 2.05) is 91.0 Å². The summed E-state index contributed by atoms with van der Waals surface area (Å²) in [7, 11) is 0. The van der Waals surface area contributed by atoms with Crippen LogP contribution in [0.5, 0.6) is 5.75 Å². The molecule has 5 aromatic rings. The van der Waals surface area contributed by atoms with Gasteiger partial charge in [-0.15, -0.1) is 0 Å². The van der Waals surface area contributed by atoms with Crippen LogP contribution in [0.25, 0.3) is 11.8 Å². The van der Waals surface area contributed by atoms with E-state index in [9.17, 15) is 9.59 Å². The highest BCUT2D eigenvalue weighted by Gasteiger charge is 2.35. The second kappa shape index (κ2) is 14.4.